The molecule has 0 unspecified atom stereocenters. The number of anilines is 1. The van der Waals surface area contributed by atoms with Crippen LogP contribution in [-0.2, 0) is 10.0 Å². The highest BCUT2D eigenvalue weighted by Gasteiger charge is 2.25. The van der Waals surface area contributed by atoms with Crippen LogP contribution >= 0.6 is 0 Å². The normalized spacial score (nSPS) is 12.7. The molecule has 0 aliphatic heterocycles. The van der Waals surface area contributed by atoms with Gasteiger partial charge in [0.2, 0.25) is 10.0 Å². The Labute approximate surface area is 115 Å². The lowest BCUT2D eigenvalue weighted by Gasteiger charge is -2.29. The fourth-order valence-electron chi connectivity index (χ4n) is 1.28. The SMILES string of the molecule is CNc1cc(S(=O)(=O)NCC(C)(C)C(C)C)ccn1. The number of hydrogen-bond acceptors (Lipinski definition) is 4. The van der Waals surface area contributed by atoms with Gasteiger partial charge in [-0.2, -0.15) is 0 Å². The average molecular weight is 285 g/mol. The van der Waals surface area contributed by atoms with Crippen LogP contribution in [0.1, 0.15) is 27.7 Å². The van der Waals surface area contributed by atoms with E-state index in [9.17, 15) is 8.42 Å². The van der Waals surface area contributed by atoms with E-state index < -0.39 is 10.0 Å². The van der Waals surface area contributed by atoms with Crippen LogP contribution in [0.2, 0.25) is 0 Å². The van der Waals surface area contributed by atoms with Crippen molar-refractivity contribution in [2.24, 2.45) is 11.3 Å². The second-order valence-corrected chi connectivity index (χ2v) is 7.36. The number of nitrogens with one attached hydrogen (secondary N) is 2. The third kappa shape index (κ3) is 4.18. The molecule has 0 aliphatic rings. The first kappa shape index (κ1) is 15.9. The molecule has 0 aliphatic carbocycles. The zero-order valence-corrected chi connectivity index (χ0v) is 13.0. The fraction of sp³-hybridized carbons (Fsp3) is 0.615. The monoisotopic (exact) mass is 285 g/mol. The molecule has 1 aromatic rings. The topological polar surface area (TPSA) is 71.1 Å². The van der Waals surface area contributed by atoms with Crippen molar-refractivity contribution in [2.45, 2.75) is 32.6 Å². The van der Waals surface area contributed by atoms with Gasteiger partial charge in [-0.3, -0.25) is 0 Å². The van der Waals surface area contributed by atoms with Gasteiger partial charge in [0, 0.05) is 25.9 Å². The van der Waals surface area contributed by atoms with E-state index in [4.69, 9.17) is 0 Å². The molecular weight excluding hydrogens is 262 g/mol. The molecule has 0 aromatic carbocycles. The van der Waals surface area contributed by atoms with Gasteiger partial charge in [0.1, 0.15) is 5.82 Å². The Bertz CT molecular complexity index is 524. The molecule has 0 saturated carbocycles. The van der Waals surface area contributed by atoms with E-state index in [1.807, 2.05) is 13.8 Å². The van der Waals surface area contributed by atoms with Gasteiger partial charge in [0.05, 0.1) is 4.90 Å². The van der Waals surface area contributed by atoms with Gasteiger partial charge in [-0.1, -0.05) is 27.7 Å². The Morgan fingerprint density at radius 3 is 2.53 bits per heavy atom. The van der Waals surface area contributed by atoms with E-state index in [1.165, 1.54) is 18.3 Å². The predicted molar refractivity (Wildman–Crippen MR) is 77.6 cm³/mol. The maximum atomic E-state index is 12.2. The molecule has 0 saturated heterocycles. The van der Waals surface area contributed by atoms with E-state index in [-0.39, 0.29) is 10.3 Å². The summed E-state index contributed by atoms with van der Waals surface area (Å²) in [5.74, 6) is 0.923. The van der Waals surface area contributed by atoms with Crippen molar-refractivity contribution in [1.29, 1.82) is 0 Å². The first-order chi connectivity index (χ1) is 8.69. The van der Waals surface area contributed by atoms with Crippen molar-refractivity contribution in [1.82, 2.24) is 9.71 Å². The second kappa shape index (κ2) is 5.88. The molecule has 5 nitrogen and oxygen atoms in total. The van der Waals surface area contributed by atoms with Crippen molar-refractivity contribution in [3.8, 4) is 0 Å². The van der Waals surface area contributed by atoms with Gasteiger partial charge in [-0.15, -0.1) is 0 Å². The van der Waals surface area contributed by atoms with Crippen molar-refractivity contribution in [3.63, 3.8) is 0 Å². The summed E-state index contributed by atoms with van der Waals surface area (Å²) in [5.41, 5.74) is -0.0913. The minimum atomic E-state index is -3.49. The van der Waals surface area contributed by atoms with Gasteiger partial charge in [0.25, 0.3) is 0 Å². The molecule has 0 fully saturated rings. The Kier molecular flexibility index (Phi) is 4.92. The molecule has 19 heavy (non-hydrogen) atoms. The number of hydrogen-bond donors (Lipinski definition) is 2. The maximum Gasteiger partial charge on any atom is 0.240 e. The molecule has 1 aromatic heterocycles. The quantitative estimate of drug-likeness (QED) is 0.839. The summed E-state index contributed by atoms with van der Waals surface area (Å²) in [6.07, 6.45) is 1.48. The number of sulfonamides is 1. The third-order valence-corrected chi connectivity index (χ3v) is 4.98. The summed E-state index contributed by atoms with van der Waals surface area (Å²) in [6.45, 7) is 8.67. The van der Waals surface area contributed by atoms with Crippen LogP contribution < -0.4 is 10.0 Å². The van der Waals surface area contributed by atoms with Crippen LogP contribution in [0.4, 0.5) is 5.82 Å². The van der Waals surface area contributed by atoms with Crippen LogP contribution in [0, 0.1) is 11.3 Å². The van der Waals surface area contributed by atoms with Crippen molar-refractivity contribution >= 4 is 15.8 Å². The first-order valence-corrected chi connectivity index (χ1v) is 7.81. The zero-order chi connectivity index (χ0) is 14.7. The third-order valence-electron chi connectivity index (χ3n) is 3.58. The van der Waals surface area contributed by atoms with Crippen LogP contribution in [0.5, 0.6) is 0 Å². The lowest BCUT2D eigenvalue weighted by atomic mass is 9.81. The smallest absolute Gasteiger partial charge is 0.240 e. The lowest BCUT2D eigenvalue weighted by molar-refractivity contribution is 0.252. The fourth-order valence-corrected chi connectivity index (χ4v) is 2.52. The number of pyridine rings is 1. The second-order valence-electron chi connectivity index (χ2n) is 5.59. The molecule has 0 spiro atoms. The van der Waals surface area contributed by atoms with Crippen LogP contribution in [0.15, 0.2) is 23.2 Å². The highest BCUT2D eigenvalue weighted by molar-refractivity contribution is 7.89. The van der Waals surface area contributed by atoms with E-state index in [0.29, 0.717) is 18.3 Å². The zero-order valence-electron chi connectivity index (χ0n) is 12.2. The van der Waals surface area contributed by atoms with Gasteiger partial charge in [0.15, 0.2) is 0 Å². The Morgan fingerprint density at radius 2 is 2.00 bits per heavy atom. The summed E-state index contributed by atoms with van der Waals surface area (Å²) in [7, 11) is -1.79. The van der Waals surface area contributed by atoms with Gasteiger partial charge in [-0.25, -0.2) is 18.1 Å². The highest BCUT2D eigenvalue weighted by atomic mass is 32.2. The molecule has 2 N–H and O–H groups in total. The van der Waals surface area contributed by atoms with Gasteiger partial charge < -0.3 is 5.32 Å². The maximum absolute atomic E-state index is 12.2. The van der Waals surface area contributed by atoms with Gasteiger partial charge >= 0.3 is 0 Å². The molecule has 6 heteroatoms. The summed E-state index contributed by atoms with van der Waals surface area (Å²) in [6, 6.07) is 3.01. The van der Waals surface area contributed by atoms with Crippen LogP contribution in [0.25, 0.3) is 0 Å². The van der Waals surface area contributed by atoms with E-state index in [2.05, 4.69) is 28.9 Å². The number of rotatable bonds is 6. The predicted octanol–water partition coefficient (Wildman–Crippen LogP) is 2.08. The Hall–Kier alpha value is -1.14. The molecule has 0 amide bonds. The lowest BCUT2D eigenvalue weighted by Crippen LogP contribution is -2.36. The Balaban J connectivity index is 2.87. The highest BCUT2D eigenvalue weighted by Crippen LogP contribution is 2.25. The molecular formula is C13H23N3O2S. The molecule has 0 bridgehead atoms. The molecule has 1 rings (SSSR count). The molecule has 0 radical (unpaired) electrons. The van der Waals surface area contributed by atoms with E-state index in [1.54, 1.807) is 7.05 Å². The summed E-state index contributed by atoms with van der Waals surface area (Å²) in [5, 5.41) is 2.83. The minimum Gasteiger partial charge on any atom is -0.373 e. The molecule has 1 heterocycles. The van der Waals surface area contributed by atoms with E-state index in [0.717, 1.165) is 0 Å². The minimum absolute atomic E-state index is 0.0913. The molecule has 108 valence electrons. The molecule has 0 atom stereocenters. The van der Waals surface area contributed by atoms with Crippen LogP contribution in [-0.4, -0.2) is 27.0 Å². The first-order valence-electron chi connectivity index (χ1n) is 6.32. The van der Waals surface area contributed by atoms with Gasteiger partial charge in [-0.05, 0) is 17.4 Å². The largest absolute Gasteiger partial charge is 0.373 e. The van der Waals surface area contributed by atoms with Crippen molar-refractivity contribution in [3.05, 3.63) is 18.3 Å². The standard InChI is InChI=1S/C13H23N3O2S/c1-10(2)13(3,4)9-16-19(17,18)11-6-7-15-12(8-11)14-5/h6-8,10,16H,9H2,1-5H3,(H,14,15). The Morgan fingerprint density at radius 1 is 1.37 bits per heavy atom. The van der Waals surface area contributed by atoms with Crippen LogP contribution in [0.3, 0.4) is 0 Å². The van der Waals surface area contributed by atoms with Crippen molar-refractivity contribution in [2.75, 3.05) is 18.9 Å². The summed E-state index contributed by atoms with van der Waals surface area (Å²) < 4.78 is 27.1. The van der Waals surface area contributed by atoms with Crippen molar-refractivity contribution < 1.29 is 8.42 Å². The number of aromatic nitrogens is 1. The average Bonchev–Trinajstić information content (AvgIpc) is 2.36. The summed E-state index contributed by atoms with van der Waals surface area (Å²) in [4.78, 5) is 4.23. The van der Waals surface area contributed by atoms with E-state index >= 15 is 0 Å². The summed E-state index contributed by atoms with van der Waals surface area (Å²) >= 11 is 0. The number of nitrogens with zero attached hydrogens (tertiary/aromatic N) is 1.